The topological polar surface area (TPSA) is 67.9 Å². The molecule has 0 saturated heterocycles. The van der Waals surface area contributed by atoms with Gasteiger partial charge in [0.1, 0.15) is 5.75 Å². The van der Waals surface area contributed by atoms with Gasteiger partial charge in [-0.05, 0) is 24.6 Å². The number of nitrogens with one attached hydrogen (secondary N) is 1. The number of esters is 1. The molecule has 2 rings (SSSR count). The van der Waals surface area contributed by atoms with Crippen molar-refractivity contribution >= 4 is 12.0 Å². The van der Waals surface area contributed by atoms with Crippen LogP contribution < -0.4 is 10.1 Å². The van der Waals surface area contributed by atoms with Crippen LogP contribution in [0, 0.1) is 0 Å². The number of allylic oxidation sites excluding steroid dienone is 1. The Balaban J connectivity index is 2.53. The first-order chi connectivity index (χ1) is 9.99. The zero-order valence-corrected chi connectivity index (χ0v) is 12.5. The van der Waals surface area contributed by atoms with Gasteiger partial charge in [0.25, 0.3) is 0 Å². The molecule has 1 aliphatic rings. The molecule has 1 aromatic rings. The molecule has 0 unspecified atom stereocenters. The van der Waals surface area contributed by atoms with E-state index in [1.165, 1.54) is 12.0 Å². The molecule has 0 spiro atoms. The molecule has 1 N–H and O–H groups in total. The summed E-state index contributed by atoms with van der Waals surface area (Å²) in [4.78, 5) is 25.5. The summed E-state index contributed by atoms with van der Waals surface area (Å²) < 4.78 is 10.0. The van der Waals surface area contributed by atoms with Crippen LogP contribution in [0.4, 0.5) is 4.79 Å². The molecule has 1 aromatic carbocycles. The van der Waals surface area contributed by atoms with Crippen LogP contribution in [-0.4, -0.2) is 38.2 Å². The van der Waals surface area contributed by atoms with Crippen molar-refractivity contribution in [1.82, 2.24) is 10.2 Å². The summed E-state index contributed by atoms with van der Waals surface area (Å²) in [6.45, 7) is 1.72. The molecule has 0 fully saturated rings. The van der Waals surface area contributed by atoms with Crippen molar-refractivity contribution in [3.05, 3.63) is 41.1 Å². The van der Waals surface area contributed by atoms with Gasteiger partial charge in [-0.2, -0.15) is 0 Å². The number of urea groups is 1. The largest absolute Gasteiger partial charge is 0.497 e. The van der Waals surface area contributed by atoms with Crippen molar-refractivity contribution < 1.29 is 19.1 Å². The van der Waals surface area contributed by atoms with Gasteiger partial charge >= 0.3 is 12.0 Å². The molecule has 0 saturated carbocycles. The number of methoxy groups -OCH3 is 2. The van der Waals surface area contributed by atoms with Crippen LogP contribution in [0.1, 0.15) is 18.5 Å². The Morgan fingerprint density at radius 1 is 1.33 bits per heavy atom. The van der Waals surface area contributed by atoms with Crippen molar-refractivity contribution in [2.45, 2.75) is 13.0 Å². The smallest absolute Gasteiger partial charge is 0.337 e. The summed E-state index contributed by atoms with van der Waals surface area (Å²) >= 11 is 0. The van der Waals surface area contributed by atoms with Crippen LogP contribution >= 0.6 is 0 Å². The second-order valence-electron chi connectivity index (χ2n) is 4.71. The maximum atomic E-state index is 12.1. The normalized spacial score (nSPS) is 18.4. The molecule has 2 amide bonds. The molecule has 0 radical (unpaired) electrons. The lowest BCUT2D eigenvalue weighted by Gasteiger charge is -2.33. The third kappa shape index (κ3) is 2.69. The van der Waals surface area contributed by atoms with Crippen LogP contribution in [0.5, 0.6) is 5.75 Å². The third-order valence-electron chi connectivity index (χ3n) is 3.59. The van der Waals surface area contributed by atoms with Crippen molar-refractivity contribution in [3.8, 4) is 5.75 Å². The van der Waals surface area contributed by atoms with Crippen LogP contribution in [-0.2, 0) is 9.53 Å². The first kappa shape index (κ1) is 14.9. The quantitative estimate of drug-likeness (QED) is 0.862. The van der Waals surface area contributed by atoms with E-state index in [0.29, 0.717) is 17.0 Å². The van der Waals surface area contributed by atoms with E-state index in [2.05, 4.69) is 5.32 Å². The Bertz CT molecular complexity index is 609. The number of benzene rings is 1. The minimum Gasteiger partial charge on any atom is -0.497 e. The fourth-order valence-electron chi connectivity index (χ4n) is 2.28. The molecule has 0 aromatic heterocycles. The molecular weight excluding hydrogens is 272 g/mol. The summed E-state index contributed by atoms with van der Waals surface area (Å²) in [5.41, 5.74) is 1.74. The van der Waals surface area contributed by atoms with Crippen LogP contribution in [0.3, 0.4) is 0 Å². The molecule has 6 nitrogen and oxygen atoms in total. The summed E-state index contributed by atoms with van der Waals surface area (Å²) in [7, 11) is 4.49. The number of amides is 2. The summed E-state index contributed by atoms with van der Waals surface area (Å²) in [6, 6.07) is 6.39. The van der Waals surface area contributed by atoms with E-state index < -0.39 is 12.0 Å². The van der Waals surface area contributed by atoms with E-state index in [9.17, 15) is 9.59 Å². The zero-order valence-electron chi connectivity index (χ0n) is 12.5. The molecule has 1 atom stereocenters. The van der Waals surface area contributed by atoms with Crippen molar-refractivity contribution in [2.75, 3.05) is 21.3 Å². The molecular formula is C15H18N2O4. The molecule has 6 heteroatoms. The van der Waals surface area contributed by atoms with E-state index in [1.807, 2.05) is 12.1 Å². The molecule has 21 heavy (non-hydrogen) atoms. The van der Waals surface area contributed by atoms with E-state index in [0.717, 1.165) is 5.56 Å². The number of hydrogen-bond acceptors (Lipinski definition) is 4. The number of hydrogen-bond donors (Lipinski definition) is 1. The number of carbonyl (C=O) groups is 2. The molecule has 1 aliphatic heterocycles. The Labute approximate surface area is 123 Å². The molecule has 112 valence electrons. The van der Waals surface area contributed by atoms with E-state index in [1.54, 1.807) is 33.2 Å². The Morgan fingerprint density at radius 3 is 2.67 bits per heavy atom. The molecule has 0 aliphatic carbocycles. The number of rotatable bonds is 3. The number of carbonyl (C=O) groups excluding carboxylic acids is 2. The van der Waals surface area contributed by atoms with Gasteiger partial charge in [-0.1, -0.05) is 12.1 Å². The standard InChI is InChI=1S/C15H18N2O4/c1-9-12(14(18)21-4)13(16-15(19)17(9)2)10-6-5-7-11(8-10)20-3/h5-8,13H,1-4H3,(H,16,19)/t13-/m1/s1. The lowest BCUT2D eigenvalue weighted by atomic mass is 9.95. The Kier molecular flexibility index (Phi) is 4.16. The highest BCUT2D eigenvalue weighted by Crippen LogP contribution is 2.31. The maximum absolute atomic E-state index is 12.1. The van der Waals surface area contributed by atoms with Crippen molar-refractivity contribution in [3.63, 3.8) is 0 Å². The van der Waals surface area contributed by atoms with Gasteiger partial charge in [0.05, 0.1) is 25.8 Å². The first-order valence-electron chi connectivity index (χ1n) is 6.46. The summed E-state index contributed by atoms with van der Waals surface area (Å²) in [6.07, 6.45) is 0. The van der Waals surface area contributed by atoms with Gasteiger partial charge in [-0.3, -0.25) is 0 Å². The first-order valence-corrected chi connectivity index (χ1v) is 6.46. The van der Waals surface area contributed by atoms with Crippen LogP contribution in [0.2, 0.25) is 0 Å². The third-order valence-corrected chi connectivity index (χ3v) is 3.59. The fraction of sp³-hybridized carbons (Fsp3) is 0.333. The Morgan fingerprint density at radius 2 is 2.05 bits per heavy atom. The highest BCUT2D eigenvalue weighted by atomic mass is 16.5. The SMILES string of the molecule is COC(=O)C1=C(C)N(C)C(=O)N[C@@H]1c1cccc(OC)c1. The second kappa shape index (κ2) is 5.87. The minimum absolute atomic E-state index is 0.270. The predicted molar refractivity (Wildman–Crippen MR) is 76.7 cm³/mol. The van der Waals surface area contributed by atoms with Gasteiger partial charge < -0.3 is 19.7 Å². The molecule has 1 heterocycles. The van der Waals surface area contributed by atoms with E-state index in [-0.39, 0.29) is 6.03 Å². The summed E-state index contributed by atoms with van der Waals surface area (Å²) in [5.74, 6) is 0.190. The highest BCUT2D eigenvalue weighted by Gasteiger charge is 2.34. The van der Waals surface area contributed by atoms with Gasteiger partial charge in [0, 0.05) is 12.7 Å². The van der Waals surface area contributed by atoms with Gasteiger partial charge in [-0.25, -0.2) is 9.59 Å². The predicted octanol–water partition coefficient (Wildman–Crippen LogP) is 1.84. The van der Waals surface area contributed by atoms with Gasteiger partial charge in [-0.15, -0.1) is 0 Å². The van der Waals surface area contributed by atoms with Crippen molar-refractivity contribution in [1.29, 1.82) is 0 Å². The lowest BCUT2D eigenvalue weighted by Crippen LogP contribution is -2.46. The molecule has 0 bridgehead atoms. The fourth-order valence-corrected chi connectivity index (χ4v) is 2.28. The number of nitrogens with zero attached hydrogens (tertiary/aromatic N) is 1. The zero-order chi connectivity index (χ0) is 15.6. The maximum Gasteiger partial charge on any atom is 0.337 e. The average molecular weight is 290 g/mol. The van der Waals surface area contributed by atoms with Crippen LogP contribution in [0.15, 0.2) is 35.5 Å². The lowest BCUT2D eigenvalue weighted by molar-refractivity contribution is -0.136. The second-order valence-corrected chi connectivity index (χ2v) is 4.71. The highest BCUT2D eigenvalue weighted by molar-refractivity contribution is 5.94. The van der Waals surface area contributed by atoms with Gasteiger partial charge in [0.15, 0.2) is 0 Å². The van der Waals surface area contributed by atoms with E-state index in [4.69, 9.17) is 9.47 Å². The van der Waals surface area contributed by atoms with Gasteiger partial charge in [0.2, 0.25) is 0 Å². The summed E-state index contributed by atoms with van der Waals surface area (Å²) in [5, 5.41) is 2.80. The number of ether oxygens (including phenoxy) is 2. The van der Waals surface area contributed by atoms with Crippen LogP contribution in [0.25, 0.3) is 0 Å². The van der Waals surface area contributed by atoms with Crippen molar-refractivity contribution in [2.24, 2.45) is 0 Å². The minimum atomic E-state index is -0.559. The Hall–Kier alpha value is -2.50. The average Bonchev–Trinajstić information content (AvgIpc) is 2.51. The van der Waals surface area contributed by atoms with E-state index >= 15 is 0 Å². The monoisotopic (exact) mass is 290 g/mol.